The highest BCUT2D eigenvalue weighted by Crippen LogP contribution is 2.30. The second-order valence-corrected chi connectivity index (χ2v) is 6.14. The smallest absolute Gasteiger partial charge is 0.0938 e. The van der Waals surface area contributed by atoms with Crippen molar-refractivity contribution < 1.29 is 0 Å². The van der Waals surface area contributed by atoms with Gasteiger partial charge in [0.1, 0.15) is 0 Å². The van der Waals surface area contributed by atoms with Gasteiger partial charge in [-0.2, -0.15) is 0 Å². The lowest BCUT2D eigenvalue weighted by Crippen LogP contribution is -1.95. The van der Waals surface area contributed by atoms with Gasteiger partial charge in [0.25, 0.3) is 0 Å². The minimum Gasteiger partial charge on any atom is -0.399 e. The molecule has 1 aliphatic rings. The van der Waals surface area contributed by atoms with Gasteiger partial charge in [0, 0.05) is 5.69 Å². The summed E-state index contributed by atoms with van der Waals surface area (Å²) in [6.45, 7) is 0. The fourth-order valence-electron chi connectivity index (χ4n) is 2.72. The molecule has 1 aliphatic carbocycles. The van der Waals surface area contributed by atoms with Crippen molar-refractivity contribution in [3.63, 3.8) is 0 Å². The van der Waals surface area contributed by atoms with Crippen molar-refractivity contribution in [2.45, 2.75) is 38.5 Å². The second kappa shape index (κ2) is 4.65. The van der Waals surface area contributed by atoms with E-state index in [1.807, 2.05) is 18.2 Å². The van der Waals surface area contributed by atoms with Crippen LogP contribution < -0.4 is 5.73 Å². The normalized spacial score (nSPS) is 16.9. The van der Waals surface area contributed by atoms with Crippen LogP contribution in [0.2, 0.25) is 0 Å². The van der Waals surface area contributed by atoms with E-state index in [1.54, 1.807) is 11.3 Å². The molecule has 2 nitrogen and oxygen atoms in total. The lowest BCUT2D eigenvalue weighted by molar-refractivity contribution is 0.503. The first-order valence-corrected chi connectivity index (χ1v) is 7.28. The molecule has 0 amide bonds. The molecule has 90 valence electrons. The first kappa shape index (κ1) is 11.0. The highest BCUT2D eigenvalue weighted by atomic mass is 32.1. The molecular formula is C14H18N2S. The first-order chi connectivity index (χ1) is 8.31. The predicted molar refractivity (Wildman–Crippen MR) is 74.3 cm³/mol. The van der Waals surface area contributed by atoms with Gasteiger partial charge in [0.15, 0.2) is 0 Å². The summed E-state index contributed by atoms with van der Waals surface area (Å²) in [5.41, 5.74) is 7.72. The highest BCUT2D eigenvalue weighted by molar-refractivity contribution is 7.18. The number of nitrogen functional groups attached to an aromatic ring is 1. The third kappa shape index (κ3) is 2.44. The quantitative estimate of drug-likeness (QED) is 0.831. The van der Waals surface area contributed by atoms with Crippen molar-refractivity contribution in [2.75, 3.05) is 5.73 Å². The summed E-state index contributed by atoms with van der Waals surface area (Å²) in [7, 11) is 0. The van der Waals surface area contributed by atoms with Crippen LogP contribution in [0.5, 0.6) is 0 Å². The molecule has 17 heavy (non-hydrogen) atoms. The number of hydrogen-bond acceptors (Lipinski definition) is 3. The summed E-state index contributed by atoms with van der Waals surface area (Å²) < 4.78 is 1.23. The van der Waals surface area contributed by atoms with Gasteiger partial charge in [-0.05, 0) is 37.0 Å². The van der Waals surface area contributed by atoms with Crippen LogP contribution in [-0.4, -0.2) is 4.98 Å². The van der Waals surface area contributed by atoms with Crippen LogP contribution in [0.15, 0.2) is 18.2 Å². The van der Waals surface area contributed by atoms with Gasteiger partial charge in [-0.1, -0.05) is 25.7 Å². The molecule has 0 saturated heterocycles. The molecule has 0 aliphatic heterocycles. The molecule has 3 rings (SSSR count). The summed E-state index contributed by atoms with van der Waals surface area (Å²) in [6.07, 6.45) is 8.18. The molecule has 0 atom stereocenters. The molecular weight excluding hydrogens is 228 g/mol. The van der Waals surface area contributed by atoms with E-state index in [-0.39, 0.29) is 0 Å². The summed E-state index contributed by atoms with van der Waals surface area (Å²) in [4.78, 5) is 4.68. The maximum absolute atomic E-state index is 5.79. The van der Waals surface area contributed by atoms with Gasteiger partial charge >= 0.3 is 0 Å². The van der Waals surface area contributed by atoms with E-state index in [4.69, 9.17) is 5.73 Å². The second-order valence-electron chi connectivity index (χ2n) is 5.02. The number of thiazole rings is 1. The third-order valence-electron chi connectivity index (χ3n) is 3.70. The van der Waals surface area contributed by atoms with Crippen LogP contribution in [0.3, 0.4) is 0 Å². The zero-order valence-corrected chi connectivity index (χ0v) is 10.8. The Morgan fingerprint density at radius 1 is 1.29 bits per heavy atom. The SMILES string of the molecule is Nc1ccc2nc(CCC3CCCC3)sc2c1. The molecule has 1 saturated carbocycles. The number of nitrogens with zero attached hydrogens (tertiary/aromatic N) is 1. The summed E-state index contributed by atoms with van der Waals surface area (Å²) in [6, 6.07) is 6.00. The molecule has 1 fully saturated rings. The average molecular weight is 246 g/mol. The van der Waals surface area contributed by atoms with Crippen molar-refractivity contribution in [1.82, 2.24) is 4.98 Å². The number of nitrogens with two attached hydrogens (primary N) is 1. The lowest BCUT2D eigenvalue weighted by Gasteiger charge is -2.05. The van der Waals surface area contributed by atoms with Gasteiger partial charge in [-0.3, -0.25) is 0 Å². The van der Waals surface area contributed by atoms with Crippen LogP contribution >= 0.6 is 11.3 Å². The maximum Gasteiger partial charge on any atom is 0.0938 e. The van der Waals surface area contributed by atoms with Crippen molar-refractivity contribution in [3.05, 3.63) is 23.2 Å². The van der Waals surface area contributed by atoms with Gasteiger partial charge in [0.2, 0.25) is 0 Å². The molecule has 2 aromatic rings. The van der Waals surface area contributed by atoms with Crippen molar-refractivity contribution >= 4 is 27.2 Å². The first-order valence-electron chi connectivity index (χ1n) is 6.46. The molecule has 0 spiro atoms. The van der Waals surface area contributed by atoms with Crippen LogP contribution in [0.4, 0.5) is 5.69 Å². The molecule has 0 radical (unpaired) electrons. The average Bonchev–Trinajstić information content (AvgIpc) is 2.94. The number of anilines is 1. The van der Waals surface area contributed by atoms with Gasteiger partial charge in [-0.15, -0.1) is 11.3 Å². The number of fused-ring (bicyclic) bond motifs is 1. The zero-order chi connectivity index (χ0) is 11.7. The van der Waals surface area contributed by atoms with Crippen molar-refractivity contribution in [1.29, 1.82) is 0 Å². The van der Waals surface area contributed by atoms with E-state index in [9.17, 15) is 0 Å². The van der Waals surface area contributed by atoms with Crippen LogP contribution in [0.1, 0.15) is 37.1 Å². The van der Waals surface area contributed by atoms with Crippen molar-refractivity contribution in [3.8, 4) is 0 Å². The van der Waals surface area contributed by atoms with Gasteiger partial charge in [0.05, 0.1) is 15.2 Å². The highest BCUT2D eigenvalue weighted by Gasteiger charge is 2.15. The number of hydrogen-bond donors (Lipinski definition) is 1. The maximum atomic E-state index is 5.79. The fraction of sp³-hybridized carbons (Fsp3) is 0.500. The Kier molecular flexibility index (Phi) is 3.02. The summed E-state index contributed by atoms with van der Waals surface area (Å²) in [5, 5.41) is 1.28. The number of aromatic nitrogens is 1. The predicted octanol–water partition coefficient (Wildman–Crippen LogP) is 4.00. The van der Waals surface area contributed by atoms with Crippen molar-refractivity contribution in [2.24, 2.45) is 5.92 Å². The van der Waals surface area contributed by atoms with E-state index >= 15 is 0 Å². The van der Waals surface area contributed by atoms with Crippen LogP contribution in [-0.2, 0) is 6.42 Å². The Hall–Kier alpha value is -1.09. The van der Waals surface area contributed by atoms with Crippen LogP contribution in [0.25, 0.3) is 10.2 Å². The zero-order valence-electron chi connectivity index (χ0n) is 9.98. The molecule has 1 heterocycles. The van der Waals surface area contributed by atoms with Gasteiger partial charge < -0.3 is 5.73 Å². The van der Waals surface area contributed by atoms with E-state index < -0.39 is 0 Å². The standard InChI is InChI=1S/C14H18N2S/c15-11-6-7-12-13(9-11)17-14(16-12)8-5-10-3-1-2-4-10/h6-7,9-10H,1-5,8,15H2. The molecule has 3 heteroatoms. The Morgan fingerprint density at radius 3 is 2.94 bits per heavy atom. The minimum atomic E-state index is 0.837. The Balaban J connectivity index is 1.72. The van der Waals surface area contributed by atoms with Gasteiger partial charge in [-0.25, -0.2) is 4.98 Å². The fourth-order valence-corrected chi connectivity index (χ4v) is 3.75. The Morgan fingerprint density at radius 2 is 2.12 bits per heavy atom. The largest absolute Gasteiger partial charge is 0.399 e. The van der Waals surface area contributed by atoms with E-state index in [0.717, 1.165) is 23.5 Å². The lowest BCUT2D eigenvalue weighted by atomic mass is 10.0. The molecule has 0 unspecified atom stereocenters. The Bertz CT molecular complexity index is 512. The topological polar surface area (TPSA) is 38.9 Å². The van der Waals surface area contributed by atoms with E-state index in [2.05, 4.69) is 4.98 Å². The van der Waals surface area contributed by atoms with E-state index in [0.29, 0.717) is 0 Å². The third-order valence-corrected chi connectivity index (χ3v) is 4.78. The number of benzene rings is 1. The molecule has 2 N–H and O–H groups in total. The minimum absolute atomic E-state index is 0.837. The Labute approximate surface area is 106 Å². The molecule has 1 aromatic heterocycles. The number of aryl methyl sites for hydroxylation is 1. The monoisotopic (exact) mass is 246 g/mol. The van der Waals surface area contributed by atoms with Crippen LogP contribution in [0, 0.1) is 5.92 Å². The summed E-state index contributed by atoms with van der Waals surface area (Å²) >= 11 is 1.80. The molecule has 1 aromatic carbocycles. The number of rotatable bonds is 3. The summed E-state index contributed by atoms with van der Waals surface area (Å²) in [5.74, 6) is 0.951. The van der Waals surface area contributed by atoms with E-state index in [1.165, 1.54) is 41.8 Å². The molecule has 0 bridgehead atoms.